The number of nitrogens with zero attached hydrogens (tertiary/aromatic N) is 1. The lowest BCUT2D eigenvalue weighted by atomic mass is 10.2. The van der Waals surface area contributed by atoms with Gasteiger partial charge in [0.2, 0.25) is 0 Å². The van der Waals surface area contributed by atoms with E-state index in [1.807, 2.05) is 38.2 Å². The molecule has 1 saturated heterocycles. The molecule has 6 nitrogen and oxygen atoms in total. The van der Waals surface area contributed by atoms with Gasteiger partial charge in [-0.2, -0.15) is 0 Å². The molecule has 0 spiro atoms. The molecule has 0 bridgehead atoms. The second-order valence-electron chi connectivity index (χ2n) is 7.51. The number of piperazine rings is 1. The molecule has 2 heterocycles. The van der Waals surface area contributed by atoms with Crippen molar-refractivity contribution in [2.45, 2.75) is 20.4 Å². The summed E-state index contributed by atoms with van der Waals surface area (Å²) >= 11 is 0. The molecule has 1 atom stereocenters. The van der Waals surface area contributed by atoms with Gasteiger partial charge in [-0.15, -0.1) is 0 Å². The Hall–Kier alpha value is -2.31. The molecule has 0 radical (unpaired) electrons. The number of carbonyl (C=O) groups is 1. The van der Waals surface area contributed by atoms with Crippen molar-refractivity contribution in [1.29, 1.82) is 0 Å². The van der Waals surface area contributed by atoms with Gasteiger partial charge in [0.05, 0.1) is 39.8 Å². The van der Waals surface area contributed by atoms with Crippen LogP contribution in [0.1, 0.15) is 18.4 Å². The molecule has 0 aliphatic carbocycles. The van der Waals surface area contributed by atoms with Crippen LogP contribution < -0.4 is 20.0 Å². The Morgan fingerprint density at radius 1 is 1.19 bits per heavy atom. The molecule has 2 aromatic rings. The maximum atomic E-state index is 12.3. The highest BCUT2D eigenvalue weighted by Gasteiger charge is 2.18. The van der Waals surface area contributed by atoms with E-state index in [9.17, 15) is 4.79 Å². The molecule has 6 heteroatoms. The van der Waals surface area contributed by atoms with E-state index < -0.39 is 0 Å². The molecular weight excluding hydrogens is 340 g/mol. The lowest BCUT2D eigenvalue weighted by Crippen LogP contribution is -3.14. The molecule has 27 heavy (non-hydrogen) atoms. The highest BCUT2D eigenvalue weighted by molar-refractivity contribution is 5.91. The third-order valence-corrected chi connectivity index (χ3v) is 5.22. The topological polar surface area (TPSA) is 54.4 Å². The van der Waals surface area contributed by atoms with Gasteiger partial charge in [-0.25, -0.2) is 0 Å². The number of anilines is 2. The predicted octanol–water partition coefficient (Wildman–Crippen LogP) is -0.0338. The minimum Gasteiger partial charge on any atom is -0.460 e. The first-order chi connectivity index (χ1) is 13.0. The first kappa shape index (κ1) is 19.5. The first-order valence-electron chi connectivity index (χ1n) is 9.88. The number of furan rings is 1. The maximum absolute atomic E-state index is 12.3. The summed E-state index contributed by atoms with van der Waals surface area (Å²) in [5.74, 6) is 1.83. The van der Waals surface area contributed by atoms with E-state index in [4.69, 9.17) is 4.42 Å². The summed E-state index contributed by atoms with van der Waals surface area (Å²) in [6.07, 6.45) is 0. The van der Waals surface area contributed by atoms with Gasteiger partial charge in [0.15, 0.2) is 12.3 Å². The molecule has 0 saturated carbocycles. The molecule has 1 unspecified atom stereocenters. The van der Waals surface area contributed by atoms with Crippen LogP contribution in [-0.4, -0.2) is 52.2 Å². The number of benzene rings is 1. The van der Waals surface area contributed by atoms with Gasteiger partial charge in [0, 0.05) is 11.4 Å². The molecule has 1 fully saturated rings. The first-order valence-corrected chi connectivity index (χ1v) is 9.88. The van der Waals surface area contributed by atoms with Crippen molar-refractivity contribution in [2.24, 2.45) is 0 Å². The summed E-state index contributed by atoms with van der Waals surface area (Å²) in [5, 5.41) is 3.00. The van der Waals surface area contributed by atoms with Crippen LogP contribution in [0.5, 0.6) is 0 Å². The second kappa shape index (κ2) is 9.06. The zero-order valence-electron chi connectivity index (χ0n) is 16.7. The van der Waals surface area contributed by atoms with E-state index >= 15 is 0 Å². The zero-order valence-corrected chi connectivity index (χ0v) is 16.7. The fraction of sp³-hybridized carbons (Fsp3) is 0.476. The SMILES string of the molecule is CC[NH+]1CCN(c2ccc(NC(=O)C[NH+](C)Cc3ccc(C)o3)cc2)CC1. The number of likely N-dealkylation sites (N-methyl/N-ethyl adjacent to an activating group) is 2. The second-order valence-corrected chi connectivity index (χ2v) is 7.51. The van der Waals surface area contributed by atoms with Gasteiger partial charge in [-0.3, -0.25) is 4.79 Å². The van der Waals surface area contributed by atoms with Crippen LogP contribution in [-0.2, 0) is 11.3 Å². The predicted molar refractivity (Wildman–Crippen MR) is 107 cm³/mol. The van der Waals surface area contributed by atoms with Crippen LogP contribution in [0.15, 0.2) is 40.8 Å². The maximum Gasteiger partial charge on any atom is 0.279 e. The Balaban J connectivity index is 1.47. The molecule has 1 aliphatic heterocycles. The average Bonchev–Trinajstić information content (AvgIpc) is 3.07. The highest BCUT2D eigenvalue weighted by Crippen LogP contribution is 2.17. The summed E-state index contributed by atoms with van der Waals surface area (Å²) in [6.45, 7) is 11.1. The summed E-state index contributed by atoms with van der Waals surface area (Å²) in [6, 6.07) is 12.1. The number of carbonyl (C=O) groups excluding carboxylic acids is 1. The number of hydrogen-bond acceptors (Lipinski definition) is 3. The van der Waals surface area contributed by atoms with Crippen molar-refractivity contribution in [2.75, 3.05) is 56.5 Å². The van der Waals surface area contributed by atoms with Gasteiger partial charge in [0.1, 0.15) is 12.3 Å². The molecule has 3 N–H and O–H groups in total. The Bertz CT molecular complexity index is 733. The minimum atomic E-state index is 0.0173. The van der Waals surface area contributed by atoms with Crippen LogP contribution in [0, 0.1) is 6.92 Å². The summed E-state index contributed by atoms with van der Waals surface area (Å²) in [7, 11) is 2.00. The van der Waals surface area contributed by atoms with E-state index in [0.29, 0.717) is 13.1 Å². The molecule has 3 rings (SSSR count). The summed E-state index contributed by atoms with van der Waals surface area (Å²) in [5.41, 5.74) is 2.09. The van der Waals surface area contributed by atoms with Crippen molar-refractivity contribution in [3.8, 4) is 0 Å². The molecule has 146 valence electrons. The monoisotopic (exact) mass is 372 g/mol. The van der Waals surface area contributed by atoms with Crippen molar-refractivity contribution in [3.05, 3.63) is 47.9 Å². The van der Waals surface area contributed by atoms with E-state index in [2.05, 4.69) is 29.3 Å². The molecule has 1 aromatic heterocycles. The normalized spacial score (nSPS) is 16.3. The minimum absolute atomic E-state index is 0.0173. The number of hydrogen-bond donors (Lipinski definition) is 3. The number of aryl methyl sites for hydroxylation is 1. The van der Waals surface area contributed by atoms with Gasteiger partial charge >= 0.3 is 0 Å². The van der Waals surface area contributed by atoms with E-state index in [-0.39, 0.29) is 5.91 Å². The van der Waals surface area contributed by atoms with Crippen LogP contribution >= 0.6 is 0 Å². The molecule has 1 aliphatic rings. The third-order valence-electron chi connectivity index (χ3n) is 5.22. The molecule has 1 aromatic carbocycles. The van der Waals surface area contributed by atoms with Crippen molar-refractivity contribution < 1.29 is 19.0 Å². The van der Waals surface area contributed by atoms with E-state index in [1.165, 1.54) is 25.3 Å². The van der Waals surface area contributed by atoms with E-state index in [1.54, 1.807) is 4.90 Å². The fourth-order valence-electron chi connectivity index (χ4n) is 3.61. The van der Waals surface area contributed by atoms with Crippen LogP contribution in [0.3, 0.4) is 0 Å². The Morgan fingerprint density at radius 3 is 2.48 bits per heavy atom. The lowest BCUT2D eigenvalue weighted by molar-refractivity contribution is -0.898. The largest absolute Gasteiger partial charge is 0.460 e. The van der Waals surface area contributed by atoms with Crippen molar-refractivity contribution >= 4 is 17.3 Å². The Morgan fingerprint density at radius 2 is 1.89 bits per heavy atom. The number of quaternary nitrogens is 2. The third kappa shape index (κ3) is 5.58. The van der Waals surface area contributed by atoms with Gasteiger partial charge in [0.25, 0.3) is 5.91 Å². The Kier molecular flexibility index (Phi) is 6.53. The average molecular weight is 373 g/mol. The number of rotatable bonds is 7. The van der Waals surface area contributed by atoms with Crippen LogP contribution in [0.2, 0.25) is 0 Å². The zero-order chi connectivity index (χ0) is 19.2. The smallest absolute Gasteiger partial charge is 0.279 e. The highest BCUT2D eigenvalue weighted by atomic mass is 16.3. The van der Waals surface area contributed by atoms with Gasteiger partial charge in [-0.1, -0.05) is 0 Å². The van der Waals surface area contributed by atoms with Gasteiger partial charge in [-0.05, 0) is 50.2 Å². The number of nitrogens with one attached hydrogen (secondary N) is 3. The van der Waals surface area contributed by atoms with Crippen molar-refractivity contribution in [1.82, 2.24) is 0 Å². The molecule has 1 amide bonds. The lowest BCUT2D eigenvalue weighted by Gasteiger charge is -2.33. The molecular formula is C21H32N4O2+2. The van der Waals surface area contributed by atoms with E-state index in [0.717, 1.165) is 35.2 Å². The summed E-state index contributed by atoms with van der Waals surface area (Å²) in [4.78, 5) is 17.5. The standard InChI is InChI=1S/C21H30N4O2/c1-4-24-11-13-25(14-12-24)19-8-6-18(7-9-19)22-21(26)16-23(3)15-20-10-5-17(2)27-20/h5-10H,4,11-16H2,1-3H3,(H,22,26)/p+2. The quantitative estimate of drug-likeness (QED) is 0.640. The van der Waals surface area contributed by atoms with Crippen molar-refractivity contribution in [3.63, 3.8) is 0 Å². The number of amides is 1. The Labute approximate surface area is 161 Å². The van der Waals surface area contributed by atoms with Gasteiger partial charge < -0.3 is 24.4 Å². The fourth-order valence-corrected chi connectivity index (χ4v) is 3.61. The van der Waals surface area contributed by atoms with Crippen LogP contribution in [0.25, 0.3) is 0 Å². The van der Waals surface area contributed by atoms with Crippen LogP contribution in [0.4, 0.5) is 11.4 Å². The summed E-state index contributed by atoms with van der Waals surface area (Å²) < 4.78 is 5.58.